The third-order valence-corrected chi connectivity index (χ3v) is 2.85. The molecule has 0 aromatic heterocycles. The van der Waals surface area contributed by atoms with E-state index in [-0.39, 0.29) is 5.78 Å². The molecule has 1 unspecified atom stereocenters. The first-order chi connectivity index (χ1) is 7.12. The van der Waals surface area contributed by atoms with Crippen molar-refractivity contribution >= 4 is 5.78 Å². The molecule has 1 rings (SSSR count). The fourth-order valence-electron chi connectivity index (χ4n) is 1.36. The molecule has 15 heavy (non-hydrogen) atoms. The van der Waals surface area contributed by atoms with E-state index in [0.717, 1.165) is 5.56 Å². The zero-order valence-electron chi connectivity index (χ0n) is 9.29. The first kappa shape index (κ1) is 11.9. The Balaban J connectivity index is 2.71. The number of nitrogens with one attached hydrogen (secondary N) is 1. The Kier molecular flexibility index (Phi) is 4.00. The fourth-order valence-corrected chi connectivity index (χ4v) is 1.36. The normalized spacial score (nSPS) is 14.6. The average molecular weight is 206 g/mol. The van der Waals surface area contributed by atoms with Gasteiger partial charge in [-0.15, -0.1) is 0 Å². The maximum atomic E-state index is 12.0. The van der Waals surface area contributed by atoms with Gasteiger partial charge in [-0.05, 0) is 18.9 Å². The standard InChI is InChI=1S/C12H18N2O/c1-3-12(2,14-13)11(15)9-10-7-5-4-6-8-10/h4-8,14H,3,9,13H2,1-2H3. The summed E-state index contributed by atoms with van der Waals surface area (Å²) in [5.74, 6) is 5.53. The van der Waals surface area contributed by atoms with Crippen molar-refractivity contribution in [2.45, 2.75) is 32.2 Å². The summed E-state index contributed by atoms with van der Waals surface area (Å²) in [5, 5.41) is 0. The number of carbonyl (C=O) groups excluding carboxylic acids is 1. The maximum absolute atomic E-state index is 12.0. The zero-order valence-corrected chi connectivity index (χ0v) is 9.29. The van der Waals surface area contributed by atoms with E-state index in [0.29, 0.717) is 12.8 Å². The highest BCUT2D eigenvalue weighted by Crippen LogP contribution is 2.13. The Morgan fingerprint density at radius 3 is 2.47 bits per heavy atom. The zero-order chi connectivity index (χ0) is 11.3. The lowest BCUT2D eigenvalue weighted by Gasteiger charge is -2.25. The fraction of sp³-hybridized carbons (Fsp3) is 0.417. The summed E-state index contributed by atoms with van der Waals surface area (Å²) >= 11 is 0. The molecule has 0 bridgehead atoms. The lowest BCUT2D eigenvalue weighted by molar-refractivity contribution is -0.124. The van der Waals surface area contributed by atoms with Crippen molar-refractivity contribution in [2.75, 3.05) is 0 Å². The molecule has 3 nitrogen and oxygen atoms in total. The third-order valence-electron chi connectivity index (χ3n) is 2.85. The van der Waals surface area contributed by atoms with Gasteiger partial charge in [0.25, 0.3) is 0 Å². The molecule has 0 spiro atoms. The van der Waals surface area contributed by atoms with Gasteiger partial charge in [-0.1, -0.05) is 37.3 Å². The van der Waals surface area contributed by atoms with Crippen LogP contribution in [0.5, 0.6) is 0 Å². The number of ketones is 1. The number of hydrogen-bond donors (Lipinski definition) is 2. The monoisotopic (exact) mass is 206 g/mol. The molecule has 0 aliphatic rings. The van der Waals surface area contributed by atoms with Crippen LogP contribution >= 0.6 is 0 Å². The van der Waals surface area contributed by atoms with Crippen LogP contribution in [0.3, 0.4) is 0 Å². The minimum Gasteiger partial charge on any atom is -0.297 e. The number of nitrogens with two attached hydrogens (primary N) is 1. The molecular weight excluding hydrogens is 188 g/mol. The van der Waals surface area contributed by atoms with Crippen molar-refractivity contribution in [3.63, 3.8) is 0 Å². The lowest BCUT2D eigenvalue weighted by Crippen LogP contribution is -2.53. The summed E-state index contributed by atoms with van der Waals surface area (Å²) in [5.41, 5.74) is 3.01. The van der Waals surface area contributed by atoms with Gasteiger partial charge < -0.3 is 0 Å². The number of hydrogen-bond acceptors (Lipinski definition) is 3. The van der Waals surface area contributed by atoms with Crippen LogP contribution in [0.25, 0.3) is 0 Å². The molecule has 0 saturated carbocycles. The van der Waals surface area contributed by atoms with Crippen LogP contribution in [0.4, 0.5) is 0 Å². The van der Waals surface area contributed by atoms with E-state index in [1.165, 1.54) is 0 Å². The quantitative estimate of drug-likeness (QED) is 0.566. The molecule has 82 valence electrons. The first-order valence-corrected chi connectivity index (χ1v) is 5.17. The van der Waals surface area contributed by atoms with E-state index < -0.39 is 5.54 Å². The molecule has 0 aliphatic heterocycles. The molecule has 3 heteroatoms. The van der Waals surface area contributed by atoms with Gasteiger partial charge in [0.1, 0.15) is 0 Å². The molecule has 0 aliphatic carbocycles. The van der Waals surface area contributed by atoms with E-state index in [9.17, 15) is 4.79 Å². The van der Waals surface area contributed by atoms with Gasteiger partial charge in [0, 0.05) is 6.42 Å². The molecule has 0 amide bonds. The van der Waals surface area contributed by atoms with Crippen LogP contribution in [-0.4, -0.2) is 11.3 Å². The van der Waals surface area contributed by atoms with Crippen molar-refractivity contribution in [2.24, 2.45) is 5.84 Å². The minimum absolute atomic E-state index is 0.124. The second-order valence-electron chi connectivity index (χ2n) is 3.92. The lowest BCUT2D eigenvalue weighted by atomic mass is 9.90. The number of rotatable bonds is 5. The molecule has 0 saturated heterocycles. The number of Topliss-reactive ketones (excluding diaryl/α,β-unsaturated/α-hetero) is 1. The van der Waals surface area contributed by atoms with Crippen LogP contribution in [0, 0.1) is 0 Å². The molecular formula is C12H18N2O. The van der Waals surface area contributed by atoms with Crippen LogP contribution < -0.4 is 11.3 Å². The highest BCUT2D eigenvalue weighted by atomic mass is 16.1. The highest BCUT2D eigenvalue weighted by molar-refractivity contribution is 5.89. The first-order valence-electron chi connectivity index (χ1n) is 5.17. The summed E-state index contributed by atoms with van der Waals surface area (Å²) in [6.45, 7) is 3.78. The SMILES string of the molecule is CCC(C)(NN)C(=O)Cc1ccccc1. The topological polar surface area (TPSA) is 55.1 Å². The van der Waals surface area contributed by atoms with Gasteiger partial charge in [-0.25, -0.2) is 5.43 Å². The van der Waals surface area contributed by atoms with E-state index in [4.69, 9.17) is 5.84 Å². The summed E-state index contributed by atoms with van der Waals surface area (Å²) in [7, 11) is 0. The Bertz CT molecular complexity index is 318. The summed E-state index contributed by atoms with van der Waals surface area (Å²) < 4.78 is 0. The van der Waals surface area contributed by atoms with Crippen LogP contribution in [0.1, 0.15) is 25.8 Å². The summed E-state index contributed by atoms with van der Waals surface area (Å²) in [4.78, 5) is 12.0. The Hall–Kier alpha value is -1.19. The number of hydrazine groups is 1. The Labute approximate surface area is 90.6 Å². The molecule has 0 heterocycles. The highest BCUT2D eigenvalue weighted by Gasteiger charge is 2.28. The average Bonchev–Trinajstić information content (AvgIpc) is 2.29. The van der Waals surface area contributed by atoms with Crippen LogP contribution in [-0.2, 0) is 11.2 Å². The summed E-state index contributed by atoms with van der Waals surface area (Å²) in [6.07, 6.45) is 1.12. The smallest absolute Gasteiger partial charge is 0.158 e. The number of benzene rings is 1. The van der Waals surface area contributed by atoms with Gasteiger partial charge in [0.2, 0.25) is 0 Å². The minimum atomic E-state index is -0.615. The maximum Gasteiger partial charge on any atom is 0.158 e. The second kappa shape index (κ2) is 5.05. The van der Waals surface area contributed by atoms with Crippen LogP contribution in [0.2, 0.25) is 0 Å². The predicted molar refractivity (Wildman–Crippen MR) is 61.2 cm³/mol. The van der Waals surface area contributed by atoms with E-state index in [1.807, 2.05) is 44.2 Å². The van der Waals surface area contributed by atoms with Gasteiger partial charge in [-0.3, -0.25) is 10.6 Å². The molecule has 1 atom stereocenters. The predicted octanol–water partition coefficient (Wildman–Crippen LogP) is 1.43. The van der Waals surface area contributed by atoms with Crippen molar-refractivity contribution in [3.8, 4) is 0 Å². The Morgan fingerprint density at radius 1 is 1.40 bits per heavy atom. The second-order valence-corrected chi connectivity index (χ2v) is 3.92. The Morgan fingerprint density at radius 2 is 2.00 bits per heavy atom. The molecule has 3 N–H and O–H groups in total. The van der Waals surface area contributed by atoms with E-state index in [2.05, 4.69) is 5.43 Å². The van der Waals surface area contributed by atoms with Gasteiger partial charge in [0.15, 0.2) is 5.78 Å². The van der Waals surface area contributed by atoms with Crippen molar-refractivity contribution < 1.29 is 4.79 Å². The molecule has 0 fully saturated rings. The van der Waals surface area contributed by atoms with Crippen molar-refractivity contribution in [1.82, 2.24) is 5.43 Å². The molecule has 0 radical (unpaired) electrons. The molecule has 1 aromatic rings. The van der Waals surface area contributed by atoms with E-state index >= 15 is 0 Å². The third kappa shape index (κ3) is 2.88. The van der Waals surface area contributed by atoms with Crippen molar-refractivity contribution in [1.29, 1.82) is 0 Å². The number of carbonyl (C=O) groups is 1. The van der Waals surface area contributed by atoms with Crippen molar-refractivity contribution in [3.05, 3.63) is 35.9 Å². The molecule has 1 aromatic carbocycles. The van der Waals surface area contributed by atoms with Crippen LogP contribution in [0.15, 0.2) is 30.3 Å². The van der Waals surface area contributed by atoms with Gasteiger partial charge in [0.05, 0.1) is 5.54 Å². The van der Waals surface area contributed by atoms with E-state index in [1.54, 1.807) is 0 Å². The van der Waals surface area contributed by atoms with Gasteiger partial charge in [-0.2, -0.15) is 0 Å². The van der Waals surface area contributed by atoms with Gasteiger partial charge >= 0.3 is 0 Å². The largest absolute Gasteiger partial charge is 0.297 e. The summed E-state index contributed by atoms with van der Waals surface area (Å²) in [6, 6.07) is 9.70.